The summed E-state index contributed by atoms with van der Waals surface area (Å²) >= 11 is 0. The molecule has 10 heteroatoms. The van der Waals surface area contributed by atoms with Crippen molar-refractivity contribution in [2.45, 2.75) is 44.2 Å². The van der Waals surface area contributed by atoms with Crippen molar-refractivity contribution in [2.24, 2.45) is 0 Å². The van der Waals surface area contributed by atoms with Crippen molar-refractivity contribution < 1.29 is 14.3 Å². The van der Waals surface area contributed by atoms with Gasteiger partial charge >= 0.3 is 0 Å². The average molecular weight is 387 g/mol. The number of H-pyrrole nitrogens is 1. The Morgan fingerprint density at radius 3 is 3.18 bits per heavy atom. The van der Waals surface area contributed by atoms with Crippen molar-refractivity contribution in [2.75, 3.05) is 26.2 Å². The van der Waals surface area contributed by atoms with E-state index < -0.39 is 5.60 Å². The second kappa shape index (κ2) is 7.70. The lowest BCUT2D eigenvalue weighted by Crippen LogP contribution is -2.57. The van der Waals surface area contributed by atoms with Gasteiger partial charge < -0.3 is 15.0 Å². The summed E-state index contributed by atoms with van der Waals surface area (Å²) in [6, 6.07) is 0. The summed E-state index contributed by atoms with van der Waals surface area (Å²) in [5, 5.41) is 14.1. The van der Waals surface area contributed by atoms with E-state index in [-0.39, 0.29) is 24.3 Å². The van der Waals surface area contributed by atoms with Crippen LogP contribution in [-0.2, 0) is 27.3 Å². The Morgan fingerprint density at radius 1 is 1.46 bits per heavy atom. The van der Waals surface area contributed by atoms with Crippen LogP contribution in [0.25, 0.3) is 0 Å². The lowest BCUT2D eigenvalue weighted by molar-refractivity contribution is -0.149. The number of carbonyl (C=O) groups excluding carboxylic acids is 2. The number of hydrogen-bond acceptors (Lipinski definition) is 6. The van der Waals surface area contributed by atoms with Gasteiger partial charge in [0, 0.05) is 24.3 Å². The number of nitrogens with zero attached hydrogens (tertiary/aromatic N) is 5. The number of morpholine rings is 1. The fourth-order valence-corrected chi connectivity index (χ4v) is 3.93. The van der Waals surface area contributed by atoms with E-state index in [9.17, 15) is 9.59 Å². The van der Waals surface area contributed by atoms with Crippen LogP contribution in [0.1, 0.15) is 36.9 Å². The summed E-state index contributed by atoms with van der Waals surface area (Å²) in [6.45, 7) is 3.80. The maximum absolute atomic E-state index is 12.8. The molecule has 0 saturated carbocycles. The molecule has 2 aliphatic rings. The van der Waals surface area contributed by atoms with E-state index in [0.717, 1.165) is 30.5 Å². The van der Waals surface area contributed by atoms with Crippen LogP contribution < -0.4 is 5.32 Å². The summed E-state index contributed by atoms with van der Waals surface area (Å²) < 4.78 is 7.41. The van der Waals surface area contributed by atoms with Gasteiger partial charge in [-0.1, -0.05) is 0 Å². The monoisotopic (exact) mass is 387 g/mol. The van der Waals surface area contributed by atoms with Gasteiger partial charge in [-0.25, -0.2) is 9.67 Å². The second-order valence-corrected chi connectivity index (χ2v) is 7.67. The summed E-state index contributed by atoms with van der Waals surface area (Å²) in [5.74, 6) is -0.236. The van der Waals surface area contributed by atoms with Crippen LogP contribution in [0, 0.1) is 0 Å². The quantitative estimate of drug-likeness (QED) is 0.737. The van der Waals surface area contributed by atoms with E-state index in [1.807, 2.05) is 6.92 Å². The summed E-state index contributed by atoms with van der Waals surface area (Å²) in [6.07, 6.45) is 7.39. The number of aromatic nitrogens is 5. The van der Waals surface area contributed by atoms with Gasteiger partial charge in [-0.15, -0.1) is 0 Å². The minimum Gasteiger partial charge on any atom is -0.370 e. The first-order chi connectivity index (χ1) is 13.5. The Morgan fingerprint density at radius 2 is 2.36 bits per heavy atom. The first-order valence-electron chi connectivity index (χ1n) is 9.58. The molecule has 0 bridgehead atoms. The molecule has 2 N–H and O–H groups in total. The van der Waals surface area contributed by atoms with Gasteiger partial charge in [0.15, 0.2) is 0 Å². The fraction of sp³-hybridized carbons (Fsp3) is 0.611. The molecule has 3 heterocycles. The Hall–Kier alpha value is -2.75. The van der Waals surface area contributed by atoms with Crippen LogP contribution in [0.5, 0.6) is 0 Å². The molecule has 2 unspecified atom stereocenters. The standard InChI is InChI=1S/C18H25N7O3/c1-18(9-20-17(27)13-3-2-4-15-14(13)7-21-23-15)10-24(5-6-28-18)16(26)8-25-12-19-11-22-25/h7,11-13H,2-6,8-10H2,1H3,(H,20,27)(H,21,23). The van der Waals surface area contributed by atoms with E-state index in [1.165, 1.54) is 17.3 Å². The first-order valence-corrected chi connectivity index (χ1v) is 9.58. The molecule has 0 spiro atoms. The number of rotatable bonds is 5. The van der Waals surface area contributed by atoms with Crippen LogP contribution in [0.2, 0.25) is 0 Å². The molecule has 28 heavy (non-hydrogen) atoms. The molecular formula is C18H25N7O3. The van der Waals surface area contributed by atoms with Crippen LogP contribution in [0.3, 0.4) is 0 Å². The van der Waals surface area contributed by atoms with Gasteiger partial charge in [0.2, 0.25) is 11.8 Å². The summed E-state index contributed by atoms with van der Waals surface area (Å²) in [5.41, 5.74) is 1.42. The number of carbonyl (C=O) groups is 2. The van der Waals surface area contributed by atoms with E-state index in [0.29, 0.717) is 26.2 Å². The van der Waals surface area contributed by atoms with Gasteiger partial charge in [-0.3, -0.25) is 14.7 Å². The zero-order chi connectivity index (χ0) is 19.6. The van der Waals surface area contributed by atoms with Gasteiger partial charge in [-0.05, 0) is 26.2 Å². The highest BCUT2D eigenvalue weighted by Crippen LogP contribution is 2.30. The second-order valence-electron chi connectivity index (χ2n) is 7.67. The fourth-order valence-electron chi connectivity index (χ4n) is 3.93. The average Bonchev–Trinajstić information content (AvgIpc) is 3.37. The molecule has 1 fully saturated rings. The molecular weight excluding hydrogens is 362 g/mol. The topological polar surface area (TPSA) is 118 Å². The largest absolute Gasteiger partial charge is 0.370 e. The van der Waals surface area contributed by atoms with E-state index in [4.69, 9.17) is 4.74 Å². The van der Waals surface area contributed by atoms with Gasteiger partial charge in [0.25, 0.3) is 0 Å². The maximum Gasteiger partial charge on any atom is 0.244 e. The van der Waals surface area contributed by atoms with Gasteiger partial charge in [-0.2, -0.15) is 10.2 Å². The highest BCUT2D eigenvalue weighted by molar-refractivity contribution is 5.84. The van der Waals surface area contributed by atoms with Crippen molar-refractivity contribution >= 4 is 11.8 Å². The van der Waals surface area contributed by atoms with Crippen molar-refractivity contribution in [1.82, 2.24) is 35.2 Å². The molecule has 1 saturated heterocycles. The highest BCUT2D eigenvalue weighted by Gasteiger charge is 2.36. The smallest absolute Gasteiger partial charge is 0.244 e. The number of amides is 2. The zero-order valence-corrected chi connectivity index (χ0v) is 15.9. The Bertz CT molecular complexity index is 834. The maximum atomic E-state index is 12.8. The number of fused-ring (bicyclic) bond motifs is 1. The summed E-state index contributed by atoms with van der Waals surface area (Å²) in [7, 11) is 0. The van der Waals surface area contributed by atoms with E-state index >= 15 is 0 Å². The van der Waals surface area contributed by atoms with Crippen LogP contribution in [-0.4, -0.2) is 73.5 Å². The number of aromatic amines is 1. The minimum atomic E-state index is -0.625. The van der Waals surface area contributed by atoms with Crippen molar-refractivity contribution in [3.8, 4) is 0 Å². The third-order valence-corrected chi connectivity index (χ3v) is 5.45. The molecule has 2 atom stereocenters. The molecule has 10 nitrogen and oxygen atoms in total. The van der Waals surface area contributed by atoms with E-state index in [2.05, 4.69) is 25.6 Å². The van der Waals surface area contributed by atoms with Crippen molar-refractivity contribution in [3.63, 3.8) is 0 Å². The Kier molecular flexibility index (Phi) is 5.12. The lowest BCUT2D eigenvalue weighted by Gasteiger charge is -2.40. The summed E-state index contributed by atoms with van der Waals surface area (Å²) in [4.78, 5) is 30.9. The minimum absolute atomic E-state index is 0.0155. The highest BCUT2D eigenvalue weighted by atomic mass is 16.5. The van der Waals surface area contributed by atoms with Crippen LogP contribution in [0.15, 0.2) is 18.9 Å². The molecule has 2 aromatic heterocycles. The predicted molar refractivity (Wildman–Crippen MR) is 98.2 cm³/mol. The van der Waals surface area contributed by atoms with Crippen LogP contribution >= 0.6 is 0 Å². The third-order valence-electron chi connectivity index (χ3n) is 5.45. The van der Waals surface area contributed by atoms with E-state index in [1.54, 1.807) is 11.1 Å². The molecule has 1 aliphatic heterocycles. The number of nitrogens with one attached hydrogen (secondary N) is 2. The first kappa shape index (κ1) is 18.6. The van der Waals surface area contributed by atoms with Crippen molar-refractivity contribution in [1.29, 1.82) is 0 Å². The third kappa shape index (κ3) is 3.91. The van der Waals surface area contributed by atoms with Gasteiger partial charge in [0.1, 0.15) is 24.8 Å². The molecule has 2 aromatic rings. The Labute approximate surface area is 162 Å². The lowest BCUT2D eigenvalue weighted by atomic mass is 9.86. The molecule has 0 radical (unpaired) electrons. The SMILES string of the molecule is CC1(CNC(=O)C2CCCc3[nH]ncc32)CN(C(=O)Cn2cncn2)CCO1. The molecule has 2 amide bonds. The molecule has 4 rings (SSSR count). The molecule has 1 aliphatic carbocycles. The molecule has 0 aromatic carbocycles. The van der Waals surface area contributed by atoms with Gasteiger partial charge in [0.05, 0.1) is 25.3 Å². The number of aryl methyl sites for hydroxylation is 1. The Balaban J connectivity index is 1.34. The number of ether oxygens (including phenoxy) is 1. The van der Waals surface area contributed by atoms with Crippen molar-refractivity contribution in [3.05, 3.63) is 30.1 Å². The van der Waals surface area contributed by atoms with Crippen LogP contribution in [0.4, 0.5) is 0 Å². The predicted octanol–water partition coefficient (Wildman–Crippen LogP) is -0.145. The molecule has 150 valence electrons. The normalized spacial score (nSPS) is 24.6. The zero-order valence-electron chi connectivity index (χ0n) is 15.9. The number of hydrogen-bond donors (Lipinski definition) is 2.